The third kappa shape index (κ3) is 3.17. The highest BCUT2D eigenvalue weighted by molar-refractivity contribution is 7.86. The highest BCUT2D eigenvalue weighted by Gasteiger charge is 2.42. The van der Waals surface area contributed by atoms with Crippen LogP contribution in [0.1, 0.15) is 5.56 Å². The minimum Gasteiger partial charge on any atom is -0.387 e. The van der Waals surface area contributed by atoms with Crippen molar-refractivity contribution in [3.63, 3.8) is 0 Å². The molecule has 1 unspecified atom stereocenters. The molecule has 112 valence electrons. The minimum atomic E-state index is -3.98. The molecule has 1 aliphatic rings. The van der Waals surface area contributed by atoms with E-state index < -0.39 is 41.3 Å². The molecular formula is C12H16O7S. The lowest BCUT2D eigenvalue weighted by Crippen LogP contribution is -2.34. The lowest BCUT2D eigenvalue weighted by molar-refractivity contribution is -0.131. The fraction of sp³-hybridized carbons (Fsp3) is 0.500. The highest BCUT2D eigenvalue weighted by atomic mass is 32.2. The van der Waals surface area contributed by atoms with Crippen LogP contribution in [0, 0.1) is 6.92 Å². The van der Waals surface area contributed by atoms with E-state index in [1.165, 1.54) is 12.1 Å². The van der Waals surface area contributed by atoms with Gasteiger partial charge < -0.3 is 20.1 Å². The molecule has 8 heteroatoms. The zero-order valence-corrected chi connectivity index (χ0v) is 11.5. The standard InChI is InChI=1S/C12H16O7S/c1-7-2-4-8(5-3-7)20(16,17)18-6-9-10(13)11(14)12(15)19-9/h2-5,9-15H,6H2,1H3/t9-,10+,11-,12?/m0/s1. The summed E-state index contributed by atoms with van der Waals surface area (Å²) in [5.41, 5.74) is 0.907. The summed E-state index contributed by atoms with van der Waals surface area (Å²) in [5.74, 6) is 0. The van der Waals surface area contributed by atoms with Crippen molar-refractivity contribution in [3.05, 3.63) is 29.8 Å². The van der Waals surface area contributed by atoms with Crippen molar-refractivity contribution in [2.45, 2.75) is 36.4 Å². The fourth-order valence-corrected chi connectivity index (χ4v) is 2.71. The predicted molar refractivity (Wildman–Crippen MR) is 67.2 cm³/mol. The van der Waals surface area contributed by atoms with Crippen LogP contribution in [-0.2, 0) is 19.0 Å². The molecule has 0 aliphatic carbocycles. The van der Waals surface area contributed by atoms with E-state index in [2.05, 4.69) is 0 Å². The van der Waals surface area contributed by atoms with Crippen LogP contribution in [0.25, 0.3) is 0 Å². The molecule has 1 aliphatic heterocycles. The molecule has 1 heterocycles. The van der Waals surface area contributed by atoms with Gasteiger partial charge in [-0.2, -0.15) is 8.42 Å². The zero-order chi connectivity index (χ0) is 14.9. The van der Waals surface area contributed by atoms with Crippen LogP contribution < -0.4 is 0 Å². The monoisotopic (exact) mass is 304 g/mol. The van der Waals surface area contributed by atoms with Crippen molar-refractivity contribution in [2.24, 2.45) is 0 Å². The van der Waals surface area contributed by atoms with E-state index in [0.29, 0.717) is 0 Å². The molecule has 1 aromatic rings. The molecular weight excluding hydrogens is 288 g/mol. The number of hydrogen-bond donors (Lipinski definition) is 3. The molecule has 0 amide bonds. The SMILES string of the molecule is Cc1ccc(S(=O)(=O)OC[C@@H]2OC(O)[C@@H](O)[C@@H]2O)cc1. The Hall–Kier alpha value is -1.03. The second kappa shape index (κ2) is 5.76. The molecule has 7 nitrogen and oxygen atoms in total. The summed E-state index contributed by atoms with van der Waals surface area (Å²) in [6.45, 7) is 1.33. The first kappa shape index (κ1) is 15.4. The second-order valence-corrected chi connectivity index (χ2v) is 6.21. The molecule has 3 N–H and O–H groups in total. The van der Waals surface area contributed by atoms with E-state index in [-0.39, 0.29) is 4.90 Å². The minimum absolute atomic E-state index is 0.0170. The van der Waals surface area contributed by atoms with Crippen LogP contribution in [-0.4, -0.2) is 54.9 Å². The summed E-state index contributed by atoms with van der Waals surface area (Å²) < 4.78 is 33.3. The van der Waals surface area contributed by atoms with Gasteiger partial charge in [-0.25, -0.2) is 0 Å². The first-order chi connectivity index (χ1) is 9.31. The molecule has 0 saturated carbocycles. The van der Waals surface area contributed by atoms with Gasteiger partial charge in [0.25, 0.3) is 10.1 Å². The number of aliphatic hydroxyl groups is 3. The van der Waals surface area contributed by atoms with Crippen LogP contribution in [0.15, 0.2) is 29.2 Å². The molecule has 1 saturated heterocycles. The van der Waals surface area contributed by atoms with E-state index in [4.69, 9.17) is 8.92 Å². The number of rotatable bonds is 4. The van der Waals surface area contributed by atoms with Crippen LogP contribution in [0.3, 0.4) is 0 Å². The summed E-state index contributed by atoms with van der Waals surface area (Å²) in [6, 6.07) is 6.07. The van der Waals surface area contributed by atoms with E-state index in [9.17, 15) is 23.7 Å². The van der Waals surface area contributed by atoms with Crippen LogP contribution in [0.5, 0.6) is 0 Å². The van der Waals surface area contributed by atoms with E-state index in [1.807, 2.05) is 6.92 Å². The molecule has 20 heavy (non-hydrogen) atoms. The average molecular weight is 304 g/mol. The molecule has 1 fully saturated rings. The lowest BCUT2D eigenvalue weighted by Gasteiger charge is -2.14. The van der Waals surface area contributed by atoms with Crippen molar-refractivity contribution < 1.29 is 32.7 Å². The van der Waals surface area contributed by atoms with Gasteiger partial charge in [0.1, 0.15) is 18.3 Å². The highest BCUT2D eigenvalue weighted by Crippen LogP contribution is 2.21. The molecule has 0 radical (unpaired) electrons. The average Bonchev–Trinajstić information content (AvgIpc) is 2.64. The Morgan fingerprint density at radius 2 is 1.75 bits per heavy atom. The zero-order valence-electron chi connectivity index (χ0n) is 10.7. The van der Waals surface area contributed by atoms with Crippen molar-refractivity contribution in [3.8, 4) is 0 Å². The Morgan fingerprint density at radius 1 is 1.15 bits per heavy atom. The maximum Gasteiger partial charge on any atom is 0.297 e. The molecule has 0 aromatic heterocycles. The number of benzene rings is 1. The maximum atomic E-state index is 11.9. The summed E-state index contributed by atoms with van der Waals surface area (Å²) in [7, 11) is -3.98. The normalized spacial score (nSPS) is 30.6. The number of ether oxygens (including phenoxy) is 1. The van der Waals surface area contributed by atoms with Gasteiger partial charge in [0.15, 0.2) is 6.29 Å². The first-order valence-corrected chi connectivity index (χ1v) is 7.38. The van der Waals surface area contributed by atoms with Gasteiger partial charge in [0, 0.05) is 0 Å². The Morgan fingerprint density at radius 3 is 2.25 bits per heavy atom. The Bertz CT molecular complexity index is 554. The molecule has 1 aromatic carbocycles. The van der Waals surface area contributed by atoms with Crippen LogP contribution >= 0.6 is 0 Å². The van der Waals surface area contributed by atoms with Gasteiger partial charge in [0.2, 0.25) is 0 Å². The van der Waals surface area contributed by atoms with E-state index in [1.54, 1.807) is 12.1 Å². The van der Waals surface area contributed by atoms with Crippen LogP contribution in [0.4, 0.5) is 0 Å². The number of aryl methyl sites for hydroxylation is 1. The quantitative estimate of drug-likeness (QED) is 0.620. The summed E-state index contributed by atoms with van der Waals surface area (Å²) in [4.78, 5) is -0.0170. The third-order valence-electron chi connectivity index (χ3n) is 3.03. The van der Waals surface area contributed by atoms with E-state index >= 15 is 0 Å². The topological polar surface area (TPSA) is 113 Å². The lowest BCUT2D eigenvalue weighted by atomic mass is 10.1. The molecule has 2 rings (SSSR count). The summed E-state index contributed by atoms with van der Waals surface area (Å²) >= 11 is 0. The Labute approximate surface area is 116 Å². The van der Waals surface area contributed by atoms with Crippen molar-refractivity contribution >= 4 is 10.1 Å². The van der Waals surface area contributed by atoms with Gasteiger partial charge in [-0.1, -0.05) is 17.7 Å². The molecule has 4 atom stereocenters. The third-order valence-corrected chi connectivity index (χ3v) is 4.33. The Balaban J connectivity index is 2.01. The van der Waals surface area contributed by atoms with Gasteiger partial charge in [-0.05, 0) is 19.1 Å². The second-order valence-electron chi connectivity index (χ2n) is 4.60. The maximum absolute atomic E-state index is 11.9. The number of aliphatic hydroxyl groups excluding tert-OH is 3. The van der Waals surface area contributed by atoms with Gasteiger partial charge >= 0.3 is 0 Å². The molecule has 0 spiro atoms. The van der Waals surface area contributed by atoms with Crippen molar-refractivity contribution in [1.82, 2.24) is 0 Å². The predicted octanol–water partition coefficient (Wildman–Crippen LogP) is -0.861. The van der Waals surface area contributed by atoms with Gasteiger partial charge in [0.05, 0.1) is 11.5 Å². The van der Waals surface area contributed by atoms with Crippen molar-refractivity contribution in [2.75, 3.05) is 6.61 Å². The van der Waals surface area contributed by atoms with Crippen LogP contribution in [0.2, 0.25) is 0 Å². The van der Waals surface area contributed by atoms with E-state index in [0.717, 1.165) is 5.56 Å². The van der Waals surface area contributed by atoms with Gasteiger partial charge in [-0.3, -0.25) is 4.18 Å². The number of hydrogen-bond acceptors (Lipinski definition) is 7. The first-order valence-electron chi connectivity index (χ1n) is 5.97. The summed E-state index contributed by atoms with van der Waals surface area (Å²) in [6.07, 6.45) is -5.55. The summed E-state index contributed by atoms with van der Waals surface area (Å²) in [5, 5.41) is 28.0. The van der Waals surface area contributed by atoms with Crippen molar-refractivity contribution in [1.29, 1.82) is 0 Å². The molecule has 0 bridgehead atoms. The largest absolute Gasteiger partial charge is 0.387 e. The Kier molecular flexibility index (Phi) is 4.43. The van der Waals surface area contributed by atoms with Gasteiger partial charge in [-0.15, -0.1) is 0 Å². The smallest absolute Gasteiger partial charge is 0.297 e. The fourth-order valence-electron chi connectivity index (χ4n) is 1.80.